The monoisotopic (exact) mass is 317 g/mol. The van der Waals surface area contributed by atoms with Crippen LogP contribution in [0, 0.1) is 21.8 Å². The van der Waals surface area contributed by atoms with E-state index in [1.807, 2.05) is 6.92 Å². The van der Waals surface area contributed by atoms with Gasteiger partial charge in [-0.3, -0.25) is 10.1 Å². The van der Waals surface area contributed by atoms with Crippen molar-refractivity contribution in [1.29, 1.82) is 0 Å². The molecule has 116 valence electrons. The molecule has 0 radical (unpaired) electrons. The molecule has 2 unspecified atom stereocenters. The van der Waals surface area contributed by atoms with Crippen molar-refractivity contribution < 1.29 is 17.7 Å². The van der Waals surface area contributed by atoms with E-state index in [4.69, 9.17) is 5.73 Å². The highest BCUT2D eigenvalue weighted by Gasteiger charge is 2.30. The predicted molar refractivity (Wildman–Crippen MR) is 74.6 cm³/mol. The Labute approximate surface area is 121 Å². The lowest BCUT2D eigenvalue weighted by Gasteiger charge is -2.14. The number of hydrogen-bond acceptors (Lipinski definition) is 5. The van der Waals surface area contributed by atoms with Crippen LogP contribution < -0.4 is 10.5 Å². The summed E-state index contributed by atoms with van der Waals surface area (Å²) in [7, 11) is -4.14. The smallest absolute Gasteiger partial charge is 0.274 e. The average Bonchev–Trinajstić information content (AvgIpc) is 2.72. The van der Waals surface area contributed by atoms with Gasteiger partial charge in [0.25, 0.3) is 5.69 Å². The number of sulfonamides is 1. The second-order valence-corrected chi connectivity index (χ2v) is 6.99. The Bertz CT molecular complexity index is 654. The zero-order valence-electron chi connectivity index (χ0n) is 11.4. The number of hydrogen-bond donors (Lipinski definition) is 2. The lowest BCUT2D eigenvalue weighted by Crippen LogP contribution is -2.34. The van der Waals surface area contributed by atoms with Gasteiger partial charge in [-0.2, -0.15) is 0 Å². The van der Waals surface area contributed by atoms with Crippen LogP contribution in [0.15, 0.2) is 17.0 Å². The van der Waals surface area contributed by atoms with Gasteiger partial charge in [0.2, 0.25) is 10.0 Å². The second-order valence-electron chi connectivity index (χ2n) is 5.34. The number of rotatable bonds is 4. The van der Waals surface area contributed by atoms with Crippen LogP contribution in [-0.2, 0) is 10.0 Å². The molecular formula is C12H16FN3O4S. The van der Waals surface area contributed by atoms with Crippen LogP contribution in [0.5, 0.6) is 0 Å². The summed E-state index contributed by atoms with van der Waals surface area (Å²) < 4.78 is 40.8. The zero-order chi connectivity index (χ0) is 15.8. The number of nitro benzene ring substituents is 1. The fourth-order valence-electron chi connectivity index (χ4n) is 2.58. The molecule has 1 aromatic rings. The summed E-state index contributed by atoms with van der Waals surface area (Å²) in [5.41, 5.74) is 4.43. The molecule has 3 N–H and O–H groups in total. The van der Waals surface area contributed by atoms with Crippen molar-refractivity contribution in [3.63, 3.8) is 0 Å². The second kappa shape index (κ2) is 5.57. The summed E-state index contributed by atoms with van der Waals surface area (Å²) in [4.78, 5) is 9.04. The number of nitrogens with zero attached hydrogens (tertiary/aromatic N) is 1. The lowest BCUT2D eigenvalue weighted by molar-refractivity contribution is -0.385. The van der Waals surface area contributed by atoms with E-state index in [2.05, 4.69) is 4.72 Å². The van der Waals surface area contributed by atoms with Crippen molar-refractivity contribution in [1.82, 2.24) is 4.72 Å². The molecule has 0 aromatic heterocycles. The van der Waals surface area contributed by atoms with Gasteiger partial charge in [0, 0.05) is 12.1 Å². The third kappa shape index (κ3) is 3.30. The number of anilines is 1. The number of nitrogen functional groups attached to an aromatic ring is 1. The van der Waals surface area contributed by atoms with E-state index < -0.39 is 37.0 Å². The number of nitrogens with two attached hydrogens (primary N) is 1. The van der Waals surface area contributed by atoms with Crippen molar-refractivity contribution in [2.24, 2.45) is 5.92 Å². The highest BCUT2D eigenvalue weighted by molar-refractivity contribution is 7.89. The van der Waals surface area contributed by atoms with Gasteiger partial charge in [-0.25, -0.2) is 17.5 Å². The molecule has 0 amide bonds. The van der Waals surface area contributed by atoms with Crippen LogP contribution in [0.2, 0.25) is 0 Å². The molecular weight excluding hydrogens is 301 g/mol. The minimum atomic E-state index is -4.14. The Morgan fingerprint density at radius 2 is 2.10 bits per heavy atom. The van der Waals surface area contributed by atoms with E-state index in [1.165, 1.54) is 0 Å². The Kier molecular flexibility index (Phi) is 4.15. The fourth-order valence-corrected chi connectivity index (χ4v) is 4.04. The van der Waals surface area contributed by atoms with E-state index in [1.54, 1.807) is 0 Å². The molecule has 1 aliphatic carbocycles. The standard InChI is InChI=1S/C12H16FN3O4S/c1-7-2-3-8(4-7)15-21(19,20)12-10(13)5-9(16(17)18)6-11(12)14/h5-8,15H,2-4,14H2,1H3. The summed E-state index contributed by atoms with van der Waals surface area (Å²) in [6, 6.07) is 1.14. The van der Waals surface area contributed by atoms with Crippen LogP contribution in [0.1, 0.15) is 26.2 Å². The van der Waals surface area contributed by atoms with Crippen LogP contribution in [0.25, 0.3) is 0 Å². The van der Waals surface area contributed by atoms with Crippen molar-refractivity contribution in [2.75, 3.05) is 5.73 Å². The van der Waals surface area contributed by atoms with E-state index in [-0.39, 0.29) is 6.04 Å². The number of nitrogens with one attached hydrogen (secondary N) is 1. The largest absolute Gasteiger partial charge is 0.397 e. The SMILES string of the molecule is CC1CCC(NS(=O)(=O)c2c(N)cc([N+](=O)[O-])cc2F)C1. The summed E-state index contributed by atoms with van der Waals surface area (Å²) in [5.74, 6) is -0.822. The minimum Gasteiger partial charge on any atom is -0.397 e. The maximum Gasteiger partial charge on any atom is 0.274 e. The van der Waals surface area contributed by atoms with E-state index >= 15 is 0 Å². The van der Waals surface area contributed by atoms with Crippen LogP contribution in [-0.4, -0.2) is 19.4 Å². The molecule has 0 aliphatic heterocycles. The minimum absolute atomic E-state index is 0.265. The number of nitro groups is 1. The molecule has 1 aliphatic rings. The van der Waals surface area contributed by atoms with Gasteiger partial charge >= 0.3 is 0 Å². The first-order valence-corrected chi connectivity index (χ1v) is 7.94. The van der Waals surface area contributed by atoms with E-state index in [0.717, 1.165) is 12.5 Å². The molecule has 1 aromatic carbocycles. The van der Waals surface area contributed by atoms with Crippen molar-refractivity contribution >= 4 is 21.4 Å². The van der Waals surface area contributed by atoms with Gasteiger partial charge in [-0.05, 0) is 25.2 Å². The van der Waals surface area contributed by atoms with Crippen LogP contribution in [0.3, 0.4) is 0 Å². The molecule has 9 heteroatoms. The van der Waals surface area contributed by atoms with Crippen molar-refractivity contribution in [2.45, 2.75) is 37.1 Å². The van der Waals surface area contributed by atoms with Gasteiger partial charge in [0.1, 0.15) is 4.90 Å². The van der Waals surface area contributed by atoms with Gasteiger partial charge in [0.05, 0.1) is 16.7 Å². The Hall–Kier alpha value is -1.74. The third-order valence-corrected chi connectivity index (χ3v) is 5.17. The van der Waals surface area contributed by atoms with Gasteiger partial charge in [-0.1, -0.05) is 6.92 Å². The first kappa shape index (κ1) is 15.6. The molecule has 0 bridgehead atoms. The molecule has 7 nitrogen and oxygen atoms in total. The summed E-state index contributed by atoms with van der Waals surface area (Å²) in [5, 5.41) is 10.6. The number of halogens is 1. The Balaban J connectivity index is 2.34. The zero-order valence-corrected chi connectivity index (χ0v) is 12.2. The third-order valence-electron chi connectivity index (χ3n) is 3.55. The first-order valence-electron chi connectivity index (χ1n) is 6.46. The molecule has 21 heavy (non-hydrogen) atoms. The number of non-ortho nitro benzene ring substituents is 1. The summed E-state index contributed by atoms with van der Waals surface area (Å²) >= 11 is 0. The summed E-state index contributed by atoms with van der Waals surface area (Å²) in [6.45, 7) is 2.01. The molecule has 1 saturated carbocycles. The first-order chi connectivity index (χ1) is 9.70. The Morgan fingerprint density at radius 3 is 2.57 bits per heavy atom. The van der Waals surface area contributed by atoms with Crippen molar-refractivity contribution in [3.8, 4) is 0 Å². The number of benzene rings is 1. The van der Waals surface area contributed by atoms with Crippen LogP contribution >= 0.6 is 0 Å². The quantitative estimate of drug-likeness (QED) is 0.499. The highest BCUT2D eigenvalue weighted by atomic mass is 32.2. The van der Waals surface area contributed by atoms with Crippen LogP contribution in [0.4, 0.5) is 15.8 Å². The Morgan fingerprint density at radius 1 is 1.43 bits per heavy atom. The average molecular weight is 317 g/mol. The van der Waals surface area contributed by atoms with Crippen molar-refractivity contribution in [3.05, 3.63) is 28.1 Å². The maximum atomic E-state index is 13.9. The molecule has 0 spiro atoms. The highest BCUT2D eigenvalue weighted by Crippen LogP contribution is 2.30. The molecule has 0 saturated heterocycles. The molecule has 2 rings (SSSR count). The topological polar surface area (TPSA) is 115 Å². The van der Waals surface area contributed by atoms with E-state index in [9.17, 15) is 22.9 Å². The summed E-state index contributed by atoms with van der Waals surface area (Å²) in [6.07, 6.45) is 2.24. The molecule has 2 atom stereocenters. The molecule has 0 heterocycles. The molecule has 1 fully saturated rings. The van der Waals surface area contributed by atoms with Gasteiger partial charge < -0.3 is 5.73 Å². The predicted octanol–water partition coefficient (Wildman–Crippen LogP) is 1.78. The maximum absolute atomic E-state index is 13.9. The fraction of sp³-hybridized carbons (Fsp3) is 0.500. The van der Waals surface area contributed by atoms with E-state index in [0.29, 0.717) is 24.8 Å². The van der Waals surface area contributed by atoms with Gasteiger partial charge in [0.15, 0.2) is 5.82 Å². The lowest BCUT2D eigenvalue weighted by atomic mass is 10.1. The normalized spacial score (nSPS) is 22.4. The van der Waals surface area contributed by atoms with Gasteiger partial charge in [-0.15, -0.1) is 0 Å².